The Morgan fingerprint density at radius 1 is 1.21 bits per heavy atom. The van der Waals surface area contributed by atoms with Gasteiger partial charge in [-0.15, -0.1) is 0 Å². The molecule has 178 valence electrons. The first kappa shape index (κ1) is 23.4. The van der Waals surface area contributed by atoms with Gasteiger partial charge in [0.2, 0.25) is 0 Å². The molecule has 2 aliphatic heterocycles. The van der Waals surface area contributed by atoms with E-state index in [-0.39, 0.29) is 23.7 Å². The Hall–Kier alpha value is -2.81. The minimum atomic E-state index is -4.58. The van der Waals surface area contributed by atoms with Crippen molar-refractivity contribution in [2.24, 2.45) is 0 Å². The van der Waals surface area contributed by atoms with E-state index in [1.54, 1.807) is 20.8 Å². The Morgan fingerprint density at radius 2 is 1.88 bits per heavy atom. The number of anilines is 1. The van der Waals surface area contributed by atoms with E-state index >= 15 is 0 Å². The van der Waals surface area contributed by atoms with Gasteiger partial charge < -0.3 is 19.7 Å². The van der Waals surface area contributed by atoms with Crippen LogP contribution in [0, 0.1) is 13.8 Å². The number of amides is 1. The zero-order valence-corrected chi connectivity index (χ0v) is 19.5. The highest BCUT2D eigenvalue weighted by molar-refractivity contribution is 5.98. The van der Waals surface area contributed by atoms with Crippen LogP contribution in [0.5, 0.6) is 0 Å². The number of pyridine rings is 1. The van der Waals surface area contributed by atoms with Crippen molar-refractivity contribution in [2.75, 3.05) is 31.6 Å². The Bertz CT molecular complexity index is 1150. The lowest BCUT2D eigenvalue weighted by Crippen LogP contribution is -2.58. The Kier molecular flexibility index (Phi) is 5.80. The van der Waals surface area contributed by atoms with Crippen molar-refractivity contribution in [3.05, 3.63) is 62.1 Å². The summed E-state index contributed by atoms with van der Waals surface area (Å²) >= 11 is 0. The quantitative estimate of drug-likeness (QED) is 0.750. The monoisotopic (exact) mass is 462 g/mol. The van der Waals surface area contributed by atoms with Crippen LogP contribution < -0.4 is 10.5 Å². The smallest absolute Gasteiger partial charge is 0.366 e. The van der Waals surface area contributed by atoms with Gasteiger partial charge in [0, 0.05) is 42.1 Å². The lowest BCUT2D eigenvalue weighted by Gasteiger charge is -2.45. The molecule has 1 aromatic carbocycles. The molecule has 1 N–H and O–H groups in total. The summed E-state index contributed by atoms with van der Waals surface area (Å²) < 4.78 is 41.5. The zero-order valence-electron chi connectivity index (χ0n) is 19.5. The molecule has 6 nitrogen and oxygen atoms in total. The fraction of sp³-hybridized carbons (Fsp3) is 0.500. The number of hydrogen-bond acceptors (Lipinski definition) is 4. The van der Waals surface area contributed by atoms with Gasteiger partial charge in [-0.3, -0.25) is 9.59 Å². The Labute approximate surface area is 191 Å². The van der Waals surface area contributed by atoms with E-state index in [9.17, 15) is 22.8 Å². The number of nitrogens with one attached hydrogen (secondary N) is 1. The van der Waals surface area contributed by atoms with Gasteiger partial charge in [-0.25, -0.2) is 0 Å². The van der Waals surface area contributed by atoms with Crippen LogP contribution in [-0.2, 0) is 12.7 Å². The van der Waals surface area contributed by atoms with Crippen molar-refractivity contribution in [1.82, 2.24) is 14.8 Å². The predicted octanol–water partition coefficient (Wildman–Crippen LogP) is 3.87. The fourth-order valence-corrected chi connectivity index (χ4v) is 5.03. The zero-order chi connectivity index (χ0) is 24.2. The van der Waals surface area contributed by atoms with Crippen molar-refractivity contribution >= 4 is 11.6 Å². The second-order valence-corrected chi connectivity index (χ2v) is 9.15. The second kappa shape index (κ2) is 8.20. The maximum absolute atomic E-state index is 13.8. The molecule has 33 heavy (non-hydrogen) atoms. The highest BCUT2D eigenvalue weighted by atomic mass is 19.4. The maximum atomic E-state index is 13.8. The average molecular weight is 463 g/mol. The molecule has 0 saturated carbocycles. The number of aryl methyl sites for hydroxylation is 1. The molecular formula is C24H29F3N4O2. The first-order valence-corrected chi connectivity index (χ1v) is 11.1. The summed E-state index contributed by atoms with van der Waals surface area (Å²) in [7, 11) is 1.97. The second-order valence-electron chi connectivity index (χ2n) is 9.15. The van der Waals surface area contributed by atoms with Crippen LogP contribution >= 0.6 is 0 Å². The molecular weight excluding hydrogens is 433 g/mol. The van der Waals surface area contributed by atoms with E-state index in [1.165, 1.54) is 4.90 Å². The van der Waals surface area contributed by atoms with Crippen LogP contribution in [0.2, 0.25) is 0 Å². The number of carbonyl (C=O) groups is 1. The van der Waals surface area contributed by atoms with Gasteiger partial charge in [0.1, 0.15) is 0 Å². The molecule has 9 heteroatoms. The Balaban J connectivity index is 1.78. The minimum Gasteiger partial charge on any atom is -0.366 e. The molecule has 1 amide bonds. The molecule has 4 rings (SSSR count). The van der Waals surface area contributed by atoms with Gasteiger partial charge >= 0.3 is 6.18 Å². The van der Waals surface area contributed by atoms with E-state index in [2.05, 4.69) is 9.88 Å². The molecule has 2 aromatic rings. The molecule has 1 unspecified atom stereocenters. The number of fused-ring (bicyclic) bond motifs is 1. The number of alkyl halides is 3. The number of likely N-dealkylation sites (N-methyl/N-ethyl adjacent to an activating group) is 2. The van der Waals surface area contributed by atoms with Gasteiger partial charge in [0.05, 0.1) is 24.2 Å². The summed E-state index contributed by atoms with van der Waals surface area (Å²) in [5.74, 6) is -0.498. The van der Waals surface area contributed by atoms with Crippen LogP contribution in [0.1, 0.15) is 58.2 Å². The van der Waals surface area contributed by atoms with Gasteiger partial charge in [0.25, 0.3) is 11.5 Å². The lowest BCUT2D eigenvalue weighted by molar-refractivity contribution is -0.137. The third-order valence-corrected chi connectivity index (χ3v) is 6.89. The van der Waals surface area contributed by atoms with E-state index < -0.39 is 23.7 Å². The number of halogens is 3. The van der Waals surface area contributed by atoms with E-state index in [0.29, 0.717) is 29.1 Å². The number of nitrogens with zero attached hydrogens (tertiary/aromatic N) is 3. The summed E-state index contributed by atoms with van der Waals surface area (Å²) in [4.78, 5) is 34.3. The SMILES string of the molecule is CCN(c1cc(C(F)(F)F)cc(C(=O)N2Cc3c(cc(C)[nH]c3=O)C2C)c1C)C1CN(C)C1. The molecule has 0 radical (unpaired) electrons. The van der Waals surface area contributed by atoms with Crippen molar-refractivity contribution in [2.45, 2.75) is 52.5 Å². The van der Waals surface area contributed by atoms with Crippen molar-refractivity contribution < 1.29 is 18.0 Å². The molecule has 1 fully saturated rings. The molecule has 0 aliphatic carbocycles. The van der Waals surface area contributed by atoms with Crippen LogP contribution in [0.4, 0.5) is 18.9 Å². The number of aromatic amines is 1. The highest BCUT2D eigenvalue weighted by Crippen LogP contribution is 2.39. The van der Waals surface area contributed by atoms with Gasteiger partial charge in [-0.05, 0) is 64.1 Å². The minimum absolute atomic E-state index is 0.0266. The van der Waals surface area contributed by atoms with E-state index in [0.717, 1.165) is 30.8 Å². The normalized spacial score (nSPS) is 18.9. The molecule has 0 spiro atoms. The number of aromatic nitrogens is 1. The number of H-pyrrole nitrogens is 1. The lowest BCUT2D eigenvalue weighted by atomic mass is 9.97. The summed E-state index contributed by atoms with van der Waals surface area (Å²) in [6.45, 7) is 9.30. The average Bonchev–Trinajstić information content (AvgIpc) is 3.04. The van der Waals surface area contributed by atoms with E-state index in [4.69, 9.17) is 0 Å². The molecule has 2 aliphatic rings. The molecule has 0 bridgehead atoms. The number of benzene rings is 1. The van der Waals surface area contributed by atoms with Crippen LogP contribution in [0.25, 0.3) is 0 Å². The fourth-order valence-electron chi connectivity index (χ4n) is 5.03. The first-order valence-electron chi connectivity index (χ1n) is 11.1. The molecule has 1 atom stereocenters. The third-order valence-electron chi connectivity index (χ3n) is 6.89. The number of rotatable bonds is 4. The molecule has 1 saturated heterocycles. The summed E-state index contributed by atoms with van der Waals surface area (Å²) in [5, 5.41) is 0. The van der Waals surface area contributed by atoms with Gasteiger partial charge in [-0.2, -0.15) is 13.2 Å². The molecule has 1 aromatic heterocycles. The number of carbonyl (C=O) groups excluding carboxylic acids is 1. The largest absolute Gasteiger partial charge is 0.416 e. The van der Waals surface area contributed by atoms with Crippen LogP contribution in [0.3, 0.4) is 0 Å². The Morgan fingerprint density at radius 3 is 2.45 bits per heavy atom. The number of likely N-dealkylation sites (tertiary alicyclic amines) is 1. The predicted molar refractivity (Wildman–Crippen MR) is 121 cm³/mol. The van der Waals surface area contributed by atoms with Crippen LogP contribution in [-0.4, -0.2) is 53.4 Å². The number of hydrogen-bond donors (Lipinski definition) is 1. The summed E-state index contributed by atoms with van der Waals surface area (Å²) in [5.41, 5.74) is 1.79. The highest BCUT2D eigenvalue weighted by Gasteiger charge is 2.38. The van der Waals surface area contributed by atoms with Crippen molar-refractivity contribution in [1.29, 1.82) is 0 Å². The van der Waals surface area contributed by atoms with Gasteiger partial charge in [0.15, 0.2) is 0 Å². The van der Waals surface area contributed by atoms with Crippen molar-refractivity contribution in [3.63, 3.8) is 0 Å². The van der Waals surface area contributed by atoms with Gasteiger partial charge in [-0.1, -0.05) is 0 Å². The summed E-state index contributed by atoms with van der Waals surface area (Å²) in [6.07, 6.45) is -4.58. The summed E-state index contributed by atoms with van der Waals surface area (Å²) in [6, 6.07) is 3.62. The maximum Gasteiger partial charge on any atom is 0.416 e. The topological polar surface area (TPSA) is 59.7 Å². The van der Waals surface area contributed by atoms with E-state index in [1.807, 2.05) is 24.9 Å². The molecule has 3 heterocycles. The standard InChI is InChI=1S/C24H29F3N4O2/c1-6-30(17-10-29(5)11-17)21-9-16(24(25,26)27)8-18(14(21)3)23(33)31-12-20-19(15(31)4)7-13(2)28-22(20)32/h7-9,15,17H,6,10-12H2,1-5H3,(H,28,32). The first-order chi connectivity index (χ1) is 15.4. The van der Waals surface area contributed by atoms with Crippen LogP contribution in [0.15, 0.2) is 23.0 Å². The third kappa shape index (κ3) is 4.03. The van der Waals surface area contributed by atoms with Crippen molar-refractivity contribution in [3.8, 4) is 0 Å².